The number of rotatable bonds is 14. The minimum Gasteiger partial charge on any atom is -0.862 e. The average Bonchev–Trinajstić information content (AvgIpc) is 4.27. The number of thiazole rings is 2. The molecule has 10 rings (SSSR count). The van der Waals surface area contributed by atoms with Gasteiger partial charge in [0.15, 0.2) is 0 Å². The molecule has 0 radical (unpaired) electrons. The van der Waals surface area contributed by atoms with Crippen LogP contribution in [0, 0.1) is 67.3 Å². The van der Waals surface area contributed by atoms with Crippen LogP contribution in [-0.2, 0) is 31.6 Å². The zero-order valence-electron chi connectivity index (χ0n) is 45.2. The van der Waals surface area contributed by atoms with Crippen LogP contribution in [0.1, 0.15) is 135 Å². The number of fused-ring (bicyclic) bond motifs is 10. The van der Waals surface area contributed by atoms with Crippen molar-refractivity contribution in [3.63, 3.8) is 0 Å². The molecule has 412 valence electrons. The average molecular weight is 1390 g/mol. The minimum absolute atomic E-state index is 0. The third-order valence-corrected chi connectivity index (χ3v) is 21.4. The van der Waals surface area contributed by atoms with E-state index in [0.29, 0.717) is 77.6 Å². The molecule has 2 aromatic heterocycles. The zero-order valence-corrected chi connectivity index (χ0v) is 56.9. The van der Waals surface area contributed by atoms with Crippen LogP contribution in [-0.4, -0.2) is 67.0 Å². The van der Waals surface area contributed by atoms with E-state index >= 15 is 0 Å². The monoisotopic (exact) mass is 1390 g/mol. The van der Waals surface area contributed by atoms with Crippen LogP contribution in [0.5, 0.6) is 11.5 Å². The summed E-state index contributed by atoms with van der Waals surface area (Å²) in [4.78, 5) is 66.7. The molecule has 10 atom stereocenters. The summed E-state index contributed by atoms with van der Waals surface area (Å²) in [5.74, 6) is 3.08. The van der Waals surface area contributed by atoms with Gasteiger partial charge >= 0.3 is 74.8 Å². The third kappa shape index (κ3) is 14.4. The van der Waals surface area contributed by atoms with E-state index in [1.54, 1.807) is 26.6 Å². The van der Waals surface area contributed by atoms with Gasteiger partial charge in [0.1, 0.15) is 25.7 Å². The third-order valence-electron chi connectivity index (χ3n) is 17.3. The normalized spacial score (nSPS) is 29.3. The van der Waals surface area contributed by atoms with Gasteiger partial charge in [0.25, 0.3) is 0 Å². The Morgan fingerprint density at radius 2 is 1.06 bits per heavy atom. The van der Waals surface area contributed by atoms with Crippen LogP contribution in [0.15, 0.2) is 57.0 Å². The number of hydrogen-bond donors (Lipinski definition) is 4. The molecule has 18 nitrogen and oxygen atoms in total. The van der Waals surface area contributed by atoms with Gasteiger partial charge in [-0.2, -0.15) is 0 Å². The number of phosphoric acid groups is 2. The Hall–Kier alpha value is -1.06. The molecule has 2 aromatic carbocycles. The van der Waals surface area contributed by atoms with Gasteiger partial charge < -0.3 is 28.9 Å². The molecule has 2 heterocycles. The molecule has 4 fully saturated rings. The summed E-state index contributed by atoms with van der Waals surface area (Å²) in [6.45, 7) is 8.52. The fourth-order valence-corrected chi connectivity index (χ4v) is 18.1. The molecular weight excluding hydrogens is 1330 g/mol. The van der Waals surface area contributed by atoms with E-state index in [0.717, 1.165) is 109 Å². The number of aromatic nitrogens is 2. The van der Waals surface area contributed by atoms with Gasteiger partial charge in [-0.05, 0) is 255 Å². The zero-order chi connectivity index (χ0) is 54.5. The van der Waals surface area contributed by atoms with Crippen molar-refractivity contribution in [3.8, 4) is 11.5 Å². The summed E-state index contributed by atoms with van der Waals surface area (Å²) in [6, 6.07) is 7.72. The van der Waals surface area contributed by atoms with Gasteiger partial charge in [0.2, 0.25) is 10.3 Å². The number of aryl methyl sites for hydroxylation is 4. The van der Waals surface area contributed by atoms with E-state index in [-0.39, 0.29) is 93.2 Å². The first kappa shape index (κ1) is 64.5. The maximum absolute atomic E-state index is 12.7. The fourth-order valence-electron chi connectivity index (χ4n) is 14.5. The van der Waals surface area contributed by atoms with Gasteiger partial charge in [0, 0.05) is 33.0 Å². The molecule has 6 aliphatic rings. The van der Waals surface area contributed by atoms with E-state index in [4.69, 9.17) is 18.7 Å². The summed E-state index contributed by atoms with van der Waals surface area (Å²) in [7, 11) is -6.07. The number of hydrogen-bond acceptors (Lipinski definition) is 16. The molecule has 0 saturated heterocycles. The SMILES string of the molecule is CO/N=C1\C[C@@H](CCC([O-])=Nc2ncc(C)s2)C2C3CCc4cc(OP(=O)(O)O)c(I)cc4C3CC[C@]12C.CO/N=C1\C[C@@H](CCC([O-])=Nc2ncc(C)s2)C2C3CCc4cc(OP(=O)(O)O)c(I)cc4C3CC[C@]12C.[Na+].[Na+]. The first-order valence-electron chi connectivity index (χ1n) is 25.7. The molecule has 0 spiro atoms. The van der Waals surface area contributed by atoms with Gasteiger partial charge in [-0.15, -0.1) is 22.7 Å². The van der Waals surface area contributed by atoms with Crippen molar-refractivity contribution in [1.29, 1.82) is 0 Å². The van der Waals surface area contributed by atoms with Crippen LogP contribution < -0.4 is 78.4 Å². The molecule has 0 bridgehead atoms. The smallest absolute Gasteiger partial charge is 0.862 e. The first-order chi connectivity index (χ1) is 36.0. The van der Waals surface area contributed by atoms with E-state index in [1.165, 1.54) is 33.8 Å². The van der Waals surface area contributed by atoms with Crippen molar-refractivity contribution in [3.05, 3.63) is 75.8 Å². The van der Waals surface area contributed by atoms with Crippen molar-refractivity contribution in [2.75, 3.05) is 14.2 Å². The predicted molar refractivity (Wildman–Crippen MR) is 306 cm³/mol. The summed E-state index contributed by atoms with van der Waals surface area (Å²) in [6.07, 6.45) is 14.9. The van der Waals surface area contributed by atoms with Crippen LogP contribution in [0.2, 0.25) is 0 Å². The molecule has 0 aliphatic heterocycles. The Morgan fingerprint density at radius 3 is 1.40 bits per heavy atom. The maximum atomic E-state index is 12.7. The van der Waals surface area contributed by atoms with E-state index < -0.39 is 15.6 Å². The van der Waals surface area contributed by atoms with Gasteiger partial charge in [-0.3, -0.25) is 19.6 Å². The molecular formula is C52H64I2N6Na2O12P2S2. The standard InChI is InChI=1S/2C26H33IN3O6PS.2Na/c2*1-14-13-28-25(38-14)29-23(31)7-5-16-11-22(30-35-3)26(2)9-8-17-18(24(16)26)6-4-15-10-21(36-37(32,33)34)20(27)12-19(15)17;;/h2*10,12-13,16-18,24H,4-9,11H2,1-3H3,(H,28,29,31)(H2,32,33,34);;/q;;2*+1/p-2/b2*30-22+;;/t2*16-,17?,18?,24?,26-;;/m11../s1. The summed E-state index contributed by atoms with van der Waals surface area (Å²) < 4.78 is 34.2. The molecule has 6 unspecified atom stereocenters. The molecule has 0 amide bonds. The fraction of sp³-hybridized carbons (Fsp3) is 0.577. The Balaban J connectivity index is 0.000000220. The van der Waals surface area contributed by atoms with Gasteiger partial charge in [-0.1, -0.05) is 24.2 Å². The number of oxime groups is 2. The van der Waals surface area contributed by atoms with Crippen molar-refractivity contribution in [2.45, 2.75) is 129 Å². The Labute approximate surface area is 535 Å². The summed E-state index contributed by atoms with van der Waals surface area (Å²) in [5.41, 5.74) is 6.75. The minimum atomic E-state index is -4.63. The van der Waals surface area contributed by atoms with Crippen LogP contribution in [0.25, 0.3) is 0 Å². The first-order valence-corrected chi connectivity index (χ1v) is 32.5. The van der Waals surface area contributed by atoms with Crippen LogP contribution in [0.4, 0.5) is 10.3 Å². The summed E-state index contributed by atoms with van der Waals surface area (Å²) in [5, 5.41) is 35.4. The van der Waals surface area contributed by atoms with Crippen LogP contribution >= 0.6 is 83.5 Å². The molecule has 4 N–H and O–H groups in total. The number of phosphoric ester groups is 2. The largest absolute Gasteiger partial charge is 1.00 e. The van der Waals surface area contributed by atoms with Gasteiger partial charge in [0.05, 0.1) is 18.6 Å². The number of benzene rings is 2. The van der Waals surface area contributed by atoms with Crippen LogP contribution in [0.3, 0.4) is 0 Å². The second kappa shape index (κ2) is 26.5. The Kier molecular flexibility index (Phi) is 21.9. The van der Waals surface area contributed by atoms with E-state index in [9.17, 15) is 38.9 Å². The summed E-state index contributed by atoms with van der Waals surface area (Å²) >= 11 is 7.04. The van der Waals surface area contributed by atoms with E-state index in [2.05, 4.69) is 89.3 Å². The molecule has 26 heteroatoms. The quantitative estimate of drug-likeness (QED) is 0.0324. The van der Waals surface area contributed by atoms with Crippen molar-refractivity contribution >= 4 is 117 Å². The second-order valence-electron chi connectivity index (χ2n) is 21.7. The molecule has 4 saturated carbocycles. The van der Waals surface area contributed by atoms with Crippen molar-refractivity contribution in [1.82, 2.24) is 9.97 Å². The number of aliphatic imine (C=N–C) groups is 2. The predicted octanol–water partition coefficient (Wildman–Crippen LogP) is 4.97. The number of halogens is 2. The number of nitrogens with zero attached hydrogens (tertiary/aromatic N) is 6. The maximum Gasteiger partial charge on any atom is 1.00 e. The van der Waals surface area contributed by atoms with Gasteiger partial charge in [-0.25, -0.2) is 29.1 Å². The Bertz CT molecular complexity index is 2870. The van der Waals surface area contributed by atoms with E-state index in [1.807, 2.05) is 38.1 Å². The topological polar surface area (TPSA) is 273 Å². The van der Waals surface area contributed by atoms with Crippen molar-refractivity contribution in [2.24, 2.45) is 66.6 Å². The second-order valence-corrected chi connectivity index (χ2v) is 28.8. The molecule has 6 aliphatic carbocycles. The molecule has 78 heavy (non-hydrogen) atoms. The molecule has 4 aromatic rings. The Morgan fingerprint density at radius 1 is 0.679 bits per heavy atom. The van der Waals surface area contributed by atoms with Crippen molar-refractivity contribution < 1.29 is 117 Å².